The fourth-order valence-electron chi connectivity index (χ4n) is 8.29. The lowest BCUT2D eigenvalue weighted by atomic mass is 9.84. The summed E-state index contributed by atoms with van der Waals surface area (Å²) in [6.07, 6.45) is 0. The van der Waals surface area contributed by atoms with Crippen LogP contribution in [-0.2, 0) is 0 Å². The first-order valence-corrected chi connectivity index (χ1v) is 18.0. The van der Waals surface area contributed by atoms with Crippen LogP contribution >= 0.6 is 0 Å². The van der Waals surface area contributed by atoms with E-state index in [-0.39, 0.29) is 0 Å². The molecule has 0 aliphatic carbocycles. The molecule has 0 heteroatoms. The summed E-state index contributed by atoms with van der Waals surface area (Å²) in [5.74, 6) is 0. The van der Waals surface area contributed by atoms with Gasteiger partial charge in [-0.3, -0.25) is 0 Å². The van der Waals surface area contributed by atoms with Gasteiger partial charge in [0.15, 0.2) is 0 Å². The molecule has 10 aromatic rings. The number of hydrogen-bond donors (Lipinski definition) is 0. The van der Waals surface area contributed by atoms with E-state index in [2.05, 4.69) is 206 Å². The summed E-state index contributed by atoms with van der Waals surface area (Å²) in [4.78, 5) is 0. The highest BCUT2D eigenvalue weighted by atomic mass is 14.2. The van der Waals surface area contributed by atoms with Gasteiger partial charge in [-0.1, -0.05) is 194 Å². The van der Waals surface area contributed by atoms with E-state index < -0.39 is 0 Å². The van der Waals surface area contributed by atoms with Crippen LogP contribution in [0.5, 0.6) is 0 Å². The molecule has 0 heterocycles. The van der Waals surface area contributed by atoms with E-state index in [0.717, 1.165) is 0 Å². The Bertz CT molecular complexity index is 2920. The normalized spacial score (nSPS) is 11.5. The van der Waals surface area contributed by atoms with Gasteiger partial charge in [0.25, 0.3) is 0 Å². The molecular weight excluding hydrogens is 625 g/mol. The van der Waals surface area contributed by atoms with E-state index in [1.165, 1.54) is 98.7 Å². The Hall–Kier alpha value is -6.76. The molecule has 242 valence electrons. The third-order valence-corrected chi connectivity index (χ3v) is 10.7. The molecule has 0 spiro atoms. The Balaban J connectivity index is 1.22. The lowest BCUT2D eigenvalue weighted by molar-refractivity contribution is 1.58. The van der Waals surface area contributed by atoms with Crippen LogP contribution in [0.15, 0.2) is 206 Å². The number of hydrogen-bond acceptors (Lipinski definition) is 0. The summed E-state index contributed by atoms with van der Waals surface area (Å²) in [6.45, 7) is 0. The van der Waals surface area contributed by atoms with Gasteiger partial charge in [-0.2, -0.15) is 0 Å². The molecule has 52 heavy (non-hydrogen) atoms. The first-order valence-electron chi connectivity index (χ1n) is 18.0. The van der Waals surface area contributed by atoms with Crippen molar-refractivity contribution in [2.24, 2.45) is 0 Å². The molecule has 0 fully saturated rings. The highest BCUT2D eigenvalue weighted by Gasteiger charge is 2.19. The van der Waals surface area contributed by atoms with E-state index in [1.54, 1.807) is 0 Å². The first kappa shape index (κ1) is 30.1. The molecule has 0 aliphatic rings. The van der Waals surface area contributed by atoms with E-state index in [9.17, 15) is 0 Å². The molecule has 0 saturated heterocycles. The van der Waals surface area contributed by atoms with E-state index in [1.807, 2.05) is 0 Å². The van der Waals surface area contributed by atoms with E-state index >= 15 is 0 Å². The lowest BCUT2D eigenvalue weighted by Gasteiger charge is -2.19. The Morgan fingerprint density at radius 1 is 0.192 bits per heavy atom. The molecule has 0 radical (unpaired) electrons. The fraction of sp³-hybridized carbons (Fsp3) is 0. The molecule has 0 aliphatic heterocycles. The maximum Gasteiger partial charge on any atom is -0.00262 e. The van der Waals surface area contributed by atoms with Crippen molar-refractivity contribution in [2.75, 3.05) is 0 Å². The predicted octanol–water partition coefficient (Wildman–Crippen LogP) is 14.6. The first-order chi connectivity index (χ1) is 25.8. The molecule has 0 amide bonds. The highest BCUT2D eigenvalue weighted by molar-refractivity contribution is 6.22. The minimum Gasteiger partial charge on any atom is -0.0622 e. The van der Waals surface area contributed by atoms with Crippen molar-refractivity contribution >= 4 is 43.1 Å². The van der Waals surface area contributed by atoms with Gasteiger partial charge in [0.2, 0.25) is 0 Å². The summed E-state index contributed by atoms with van der Waals surface area (Å²) in [5.41, 5.74) is 12.4. The summed E-state index contributed by atoms with van der Waals surface area (Å²) < 4.78 is 0. The van der Waals surface area contributed by atoms with E-state index in [0.29, 0.717) is 0 Å². The topological polar surface area (TPSA) is 0 Å². The van der Waals surface area contributed by atoms with Crippen LogP contribution in [-0.4, -0.2) is 0 Å². The Morgan fingerprint density at radius 3 is 1.29 bits per heavy atom. The van der Waals surface area contributed by atoms with Crippen LogP contribution in [0, 0.1) is 0 Å². The van der Waals surface area contributed by atoms with Crippen LogP contribution in [0.3, 0.4) is 0 Å². The monoisotopic (exact) mass is 658 g/mol. The molecule has 0 bridgehead atoms. The van der Waals surface area contributed by atoms with Gasteiger partial charge in [-0.15, -0.1) is 0 Å². The summed E-state index contributed by atoms with van der Waals surface area (Å²) in [7, 11) is 0. The van der Waals surface area contributed by atoms with Crippen LogP contribution in [0.1, 0.15) is 0 Å². The molecular formula is C52H34. The highest BCUT2D eigenvalue weighted by Crippen LogP contribution is 2.46. The molecule has 0 nitrogen and oxygen atoms in total. The third-order valence-electron chi connectivity index (χ3n) is 10.7. The zero-order valence-electron chi connectivity index (χ0n) is 28.6. The Morgan fingerprint density at radius 2 is 0.615 bits per heavy atom. The van der Waals surface area contributed by atoms with Crippen molar-refractivity contribution < 1.29 is 0 Å². The average Bonchev–Trinajstić information content (AvgIpc) is 3.23. The lowest BCUT2D eigenvalue weighted by Crippen LogP contribution is -1.92. The van der Waals surface area contributed by atoms with Crippen LogP contribution in [0.25, 0.3) is 98.7 Å². The Labute approximate surface area is 303 Å². The molecule has 0 atom stereocenters. The van der Waals surface area contributed by atoms with Gasteiger partial charge in [0, 0.05) is 0 Å². The van der Waals surface area contributed by atoms with Gasteiger partial charge in [0.05, 0.1) is 0 Å². The minimum atomic E-state index is 1.21. The smallest absolute Gasteiger partial charge is 0.00262 e. The fourth-order valence-corrected chi connectivity index (χ4v) is 8.29. The molecule has 10 aromatic carbocycles. The minimum absolute atomic E-state index is 1.21. The average molecular weight is 659 g/mol. The summed E-state index contributed by atoms with van der Waals surface area (Å²) in [6, 6.07) is 75.5. The molecule has 10 rings (SSSR count). The van der Waals surface area contributed by atoms with Crippen molar-refractivity contribution in [3.8, 4) is 55.6 Å². The second-order valence-electron chi connectivity index (χ2n) is 13.6. The SMILES string of the molecule is c1ccc(-c2ccccc2-c2ccc(-c3c4ccccc4c(-c4ccccc4)c4cc(-c5cc6ccccc6c6ccccc56)ccc34)cc2)cc1. The maximum absolute atomic E-state index is 2.44. The quantitative estimate of drug-likeness (QED) is 0.128. The summed E-state index contributed by atoms with van der Waals surface area (Å²) in [5, 5.41) is 10.1. The van der Waals surface area contributed by atoms with Crippen LogP contribution in [0.4, 0.5) is 0 Å². The van der Waals surface area contributed by atoms with Crippen molar-refractivity contribution in [2.45, 2.75) is 0 Å². The van der Waals surface area contributed by atoms with Gasteiger partial charge in [0.1, 0.15) is 0 Å². The zero-order valence-corrected chi connectivity index (χ0v) is 28.6. The largest absolute Gasteiger partial charge is 0.0622 e. The second-order valence-corrected chi connectivity index (χ2v) is 13.6. The van der Waals surface area contributed by atoms with Gasteiger partial charge in [-0.05, 0) is 111 Å². The van der Waals surface area contributed by atoms with Crippen LogP contribution < -0.4 is 0 Å². The molecule has 0 N–H and O–H groups in total. The van der Waals surface area contributed by atoms with Gasteiger partial charge in [-0.25, -0.2) is 0 Å². The Kier molecular flexibility index (Phi) is 7.25. The van der Waals surface area contributed by atoms with Crippen molar-refractivity contribution in [1.29, 1.82) is 0 Å². The number of benzene rings is 10. The number of rotatable bonds is 5. The molecule has 0 unspecified atom stereocenters. The molecule has 0 aromatic heterocycles. The van der Waals surface area contributed by atoms with Gasteiger partial charge < -0.3 is 0 Å². The van der Waals surface area contributed by atoms with Crippen molar-refractivity contribution in [1.82, 2.24) is 0 Å². The van der Waals surface area contributed by atoms with Gasteiger partial charge >= 0.3 is 0 Å². The van der Waals surface area contributed by atoms with E-state index in [4.69, 9.17) is 0 Å². The summed E-state index contributed by atoms with van der Waals surface area (Å²) >= 11 is 0. The van der Waals surface area contributed by atoms with Crippen LogP contribution in [0.2, 0.25) is 0 Å². The maximum atomic E-state index is 2.44. The van der Waals surface area contributed by atoms with Crippen molar-refractivity contribution in [3.63, 3.8) is 0 Å². The molecule has 0 saturated carbocycles. The number of fused-ring (bicyclic) bond motifs is 5. The third kappa shape index (κ3) is 5.00. The second kappa shape index (κ2) is 12.5. The standard InChI is InChI=1S/C52H34/c1-3-15-35(16-4-1)41-20-9-10-21-42(41)36-27-29-38(30-28-36)51-46-25-13-14-26-47(46)52(37-17-5-2-6-18-37)50-34-40(31-32-48(50)51)49-33-39-19-7-8-22-43(39)44-23-11-12-24-45(44)49/h1-34H. The zero-order chi connectivity index (χ0) is 34.4. The van der Waals surface area contributed by atoms with Crippen molar-refractivity contribution in [3.05, 3.63) is 206 Å². The predicted molar refractivity (Wildman–Crippen MR) is 224 cm³/mol.